The monoisotopic (exact) mass is 263 g/mol. The van der Waals surface area contributed by atoms with Gasteiger partial charge in [0.25, 0.3) is 0 Å². The predicted molar refractivity (Wildman–Crippen MR) is 78.1 cm³/mol. The maximum atomic E-state index is 11.6. The molecule has 1 atom stereocenters. The van der Waals surface area contributed by atoms with Gasteiger partial charge in [-0.1, -0.05) is 38.1 Å². The molecule has 1 unspecified atom stereocenters. The van der Waals surface area contributed by atoms with Crippen LogP contribution in [0, 0.1) is 0 Å². The number of nitrogens with one attached hydrogen (secondary N) is 1. The second-order valence-electron chi connectivity index (χ2n) is 5.52. The maximum absolute atomic E-state index is 11.6. The van der Waals surface area contributed by atoms with Crippen molar-refractivity contribution in [3.05, 3.63) is 35.4 Å². The van der Waals surface area contributed by atoms with Crippen molar-refractivity contribution >= 4 is 5.97 Å². The molecule has 0 spiro atoms. The molecule has 3 heteroatoms. The number of hydrogen-bond donors (Lipinski definition) is 1. The zero-order chi connectivity index (χ0) is 14.5. The van der Waals surface area contributed by atoms with Gasteiger partial charge < -0.3 is 4.74 Å². The largest absolute Gasteiger partial charge is 0.468 e. The van der Waals surface area contributed by atoms with Crippen LogP contribution in [-0.2, 0) is 16.1 Å². The van der Waals surface area contributed by atoms with E-state index in [0.717, 1.165) is 6.42 Å². The third-order valence-corrected chi connectivity index (χ3v) is 3.59. The highest BCUT2D eigenvalue weighted by Gasteiger charge is 2.27. The summed E-state index contributed by atoms with van der Waals surface area (Å²) in [4.78, 5) is 11.6. The topological polar surface area (TPSA) is 38.3 Å². The van der Waals surface area contributed by atoms with Gasteiger partial charge in [-0.3, -0.25) is 10.1 Å². The zero-order valence-corrected chi connectivity index (χ0v) is 12.6. The molecule has 106 valence electrons. The van der Waals surface area contributed by atoms with Gasteiger partial charge in [0.1, 0.15) is 5.54 Å². The molecule has 1 N–H and O–H groups in total. The number of ether oxygens (including phenoxy) is 1. The fraction of sp³-hybridized carbons (Fsp3) is 0.562. The molecule has 0 radical (unpaired) electrons. The molecule has 0 saturated heterocycles. The molecule has 0 saturated carbocycles. The Morgan fingerprint density at radius 1 is 1.32 bits per heavy atom. The van der Waals surface area contributed by atoms with Gasteiger partial charge in [0.2, 0.25) is 0 Å². The maximum Gasteiger partial charge on any atom is 0.325 e. The van der Waals surface area contributed by atoms with Crippen molar-refractivity contribution in [3.63, 3.8) is 0 Å². The first-order chi connectivity index (χ1) is 8.90. The van der Waals surface area contributed by atoms with Gasteiger partial charge in [-0.25, -0.2) is 0 Å². The Morgan fingerprint density at radius 2 is 1.89 bits per heavy atom. The molecular formula is C16H25NO2. The number of esters is 1. The third-order valence-electron chi connectivity index (χ3n) is 3.59. The summed E-state index contributed by atoms with van der Waals surface area (Å²) in [5, 5.41) is 3.21. The average molecular weight is 263 g/mol. The zero-order valence-electron chi connectivity index (χ0n) is 12.6. The normalized spacial score (nSPS) is 13.1. The van der Waals surface area contributed by atoms with E-state index < -0.39 is 5.54 Å². The van der Waals surface area contributed by atoms with E-state index >= 15 is 0 Å². The Bertz CT molecular complexity index is 409. The van der Waals surface area contributed by atoms with Crippen molar-refractivity contribution in [3.8, 4) is 0 Å². The van der Waals surface area contributed by atoms with E-state index in [1.165, 1.54) is 18.2 Å². The van der Waals surface area contributed by atoms with Crippen molar-refractivity contribution in [1.29, 1.82) is 0 Å². The summed E-state index contributed by atoms with van der Waals surface area (Å²) in [6.45, 7) is 8.73. The Labute approximate surface area is 116 Å². The van der Waals surface area contributed by atoms with Gasteiger partial charge >= 0.3 is 5.97 Å². The van der Waals surface area contributed by atoms with E-state index in [2.05, 4.69) is 43.4 Å². The lowest BCUT2D eigenvalue weighted by atomic mass is 9.97. The minimum Gasteiger partial charge on any atom is -0.468 e. The van der Waals surface area contributed by atoms with Gasteiger partial charge in [0.05, 0.1) is 7.11 Å². The molecule has 0 fully saturated rings. The van der Waals surface area contributed by atoms with Crippen LogP contribution in [0.15, 0.2) is 24.3 Å². The van der Waals surface area contributed by atoms with E-state index in [4.69, 9.17) is 4.74 Å². The van der Waals surface area contributed by atoms with E-state index in [1.54, 1.807) is 0 Å². The molecule has 0 bridgehead atoms. The second kappa shape index (κ2) is 6.71. The molecule has 1 aromatic rings. The number of carbonyl (C=O) groups excluding carboxylic acids is 1. The Hall–Kier alpha value is -1.35. The molecule has 1 rings (SSSR count). The molecule has 0 aliphatic carbocycles. The van der Waals surface area contributed by atoms with Crippen molar-refractivity contribution in [2.75, 3.05) is 7.11 Å². The van der Waals surface area contributed by atoms with Gasteiger partial charge in [-0.05, 0) is 37.3 Å². The molecule has 0 aliphatic heterocycles. The van der Waals surface area contributed by atoms with Crippen LogP contribution in [-0.4, -0.2) is 18.6 Å². The average Bonchev–Trinajstić information content (AvgIpc) is 2.43. The minimum absolute atomic E-state index is 0.247. The van der Waals surface area contributed by atoms with Crippen LogP contribution >= 0.6 is 0 Å². The van der Waals surface area contributed by atoms with Crippen LogP contribution in [0.3, 0.4) is 0 Å². The second-order valence-corrected chi connectivity index (χ2v) is 5.52. The van der Waals surface area contributed by atoms with Crippen LogP contribution < -0.4 is 5.32 Å². The van der Waals surface area contributed by atoms with Gasteiger partial charge in [0, 0.05) is 6.54 Å². The molecule has 3 nitrogen and oxygen atoms in total. The van der Waals surface area contributed by atoms with E-state index in [9.17, 15) is 4.79 Å². The highest BCUT2D eigenvalue weighted by atomic mass is 16.5. The van der Waals surface area contributed by atoms with E-state index in [-0.39, 0.29) is 5.97 Å². The summed E-state index contributed by atoms with van der Waals surface area (Å²) in [6, 6.07) is 8.55. The number of benzene rings is 1. The summed E-state index contributed by atoms with van der Waals surface area (Å²) in [7, 11) is 1.41. The van der Waals surface area contributed by atoms with Crippen molar-refractivity contribution in [2.24, 2.45) is 0 Å². The van der Waals surface area contributed by atoms with Gasteiger partial charge in [-0.15, -0.1) is 0 Å². The van der Waals surface area contributed by atoms with E-state index in [0.29, 0.717) is 12.5 Å². The SMILES string of the molecule is CCC(C)c1ccc(CNC(C)(C)C(=O)OC)cc1. The number of hydrogen-bond acceptors (Lipinski definition) is 3. The standard InChI is InChI=1S/C16H25NO2/c1-6-12(2)14-9-7-13(8-10-14)11-17-16(3,4)15(18)19-5/h7-10,12,17H,6,11H2,1-5H3. The van der Waals surface area contributed by atoms with Gasteiger partial charge in [0.15, 0.2) is 0 Å². The first kappa shape index (κ1) is 15.7. The Morgan fingerprint density at radius 3 is 2.37 bits per heavy atom. The molecule has 19 heavy (non-hydrogen) atoms. The lowest BCUT2D eigenvalue weighted by Gasteiger charge is -2.23. The minimum atomic E-state index is -0.663. The Kier molecular flexibility index (Phi) is 5.55. The molecular weight excluding hydrogens is 238 g/mol. The molecule has 0 aromatic heterocycles. The lowest BCUT2D eigenvalue weighted by Crippen LogP contribution is -2.46. The first-order valence-corrected chi connectivity index (χ1v) is 6.83. The van der Waals surface area contributed by atoms with Crippen LogP contribution in [0.25, 0.3) is 0 Å². The summed E-state index contributed by atoms with van der Waals surface area (Å²) < 4.78 is 4.77. The highest BCUT2D eigenvalue weighted by molar-refractivity contribution is 5.79. The fourth-order valence-corrected chi connectivity index (χ4v) is 1.85. The smallest absolute Gasteiger partial charge is 0.325 e. The van der Waals surface area contributed by atoms with Crippen LogP contribution in [0.5, 0.6) is 0 Å². The van der Waals surface area contributed by atoms with Gasteiger partial charge in [-0.2, -0.15) is 0 Å². The first-order valence-electron chi connectivity index (χ1n) is 6.83. The number of rotatable bonds is 6. The van der Waals surface area contributed by atoms with Crippen molar-refractivity contribution in [1.82, 2.24) is 5.32 Å². The molecule has 0 amide bonds. The van der Waals surface area contributed by atoms with Crippen LogP contribution in [0.4, 0.5) is 0 Å². The highest BCUT2D eigenvalue weighted by Crippen LogP contribution is 2.19. The third kappa shape index (κ3) is 4.35. The fourth-order valence-electron chi connectivity index (χ4n) is 1.85. The number of methoxy groups -OCH3 is 1. The molecule has 0 heterocycles. The summed E-state index contributed by atoms with van der Waals surface area (Å²) in [6.07, 6.45) is 1.15. The molecule has 1 aromatic carbocycles. The van der Waals surface area contributed by atoms with E-state index in [1.807, 2.05) is 13.8 Å². The van der Waals surface area contributed by atoms with Crippen molar-refractivity contribution < 1.29 is 9.53 Å². The van der Waals surface area contributed by atoms with Crippen molar-refractivity contribution in [2.45, 2.75) is 52.1 Å². The Balaban J connectivity index is 2.62. The predicted octanol–water partition coefficient (Wildman–Crippen LogP) is 3.24. The summed E-state index contributed by atoms with van der Waals surface area (Å²) >= 11 is 0. The lowest BCUT2D eigenvalue weighted by molar-refractivity contribution is -0.147. The van der Waals surface area contributed by atoms with Crippen LogP contribution in [0.2, 0.25) is 0 Å². The summed E-state index contributed by atoms with van der Waals surface area (Å²) in [5.41, 5.74) is 1.87. The van der Waals surface area contributed by atoms with Crippen LogP contribution in [0.1, 0.15) is 51.2 Å². The number of carbonyl (C=O) groups is 1. The molecule has 0 aliphatic rings. The quantitative estimate of drug-likeness (QED) is 0.801. The summed E-state index contributed by atoms with van der Waals surface area (Å²) in [5.74, 6) is 0.345.